The number of aryl methyl sites for hydroxylation is 2. The van der Waals surface area contributed by atoms with Crippen LogP contribution in [-0.2, 0) is 21.2 Å². The Hall–Kier alpha value is -3.20. The molecule has 0 aliphatic carbocycles. The lowest BCUT2D eigenvalue weighted by atomic mass is 10.2. The van der Waals surface area contributed by atoms with Crippen LogP contribution in [0.5, 0.6) is 0 Å². The van der Waals surface area contributed by atoms with Gasteiger partial charge in [-0.15, -0.1) is 0 Å². The summed E-state index contributed by atoms with van der Waals surface area (Å²) in [6.07, 6.45) is 2.40. The van der Waals surface area contributed by atoms with Crippen molar-refractivity contribution in [2.45, 2.75) is 32.1 Å². The largest absolute Gasteiger partial charge is 0.321 e. The van der Waals surface area contributed by atoms with Gasteiger partial charge < -0.3 is 5.32 Å². The van der Waals surface area contributed by atoms with E-state index in [9.17, 15) is 18.0 Å². The molecule has 0 spiro atoms. The van der Waals surface area contributed by atoms with Crippen LogP contribution >= 0.6 is 0 Å². The minimum atomic E-state index is -3.92. The molecule has 2 aromatic heterocycles. The first-order valence-corrected chi connectivity index (χ1v) is 10.1. The Kier molecular flexibility index (Phi) is 5.19. The number of nitrogens with one attached hydrogen (secondary N) is 2. The molecule has 28 heavy (non-hydrogen) atoms. The molecule has 0 atom stereocenters. The van der Waals surface area contributed by atoms with Crippen molar-refractivity contribution in [2.24, 2.45) is 0 Å². The highest BCUT2D eigenvalue weighted by Crippen LogP contribution is 2.18. The minimum absolute atomic E-state index is 0.0692. The van der Waals surface area contributed by atoms with E-state index in [1.807, 2.05) is 30.7 Å². The van der Waals surface area contributed by atoms with Crippen LogP contribution < -0.4 is 10.0 Å². The van der Waals surface area contributed by atoms with Gasteiger partial charge in [0, 0.05) is 18.8 Å². The summed E-state index contributed by atoms with van der Waals surface area (Å²) in [5, 5.41) is 2.76. The maximum absolute atomic E-state index is 12.8. The van der Waals surface area contributed by atoms with Crippen molar-refractivity contribution < 1.29 is 18.0 Å². The number of fused-ring (bicyclic) bond motifs is 1. The number of amides is 2. The second-order valence-electron chi connectivity index (χ2n) is 6.33. The summed E-state index contributed by atoms with van der Waals surface area (Å²) < 4.78 is 27.6. The third-order valence-electron chi connectivity index (χ3n) is 4.10. The molecule has 0 unspecified atom stereocenters. The summed E-state index contributed by atoms with van der Waals surface area (Å²) in [4.78, 5) is 28.3. The van der Waals surface area contributed by atoms with E-state index in [4.69, 9.17) is 0 Å². The molecule has 3 rings (SSSR count). The first-order chi connectivity index (χ1) is 13.2. The molecule has 1 aromatic carbocycles. The fourth-order valence-corrected chi connectivity index (χ4v) is 3.83. The first kappa shape index (κ1) is 19.6. The summed E-state index contributed by atoms with van der Waals surface area (Å²) in [6.45, 7) is 5.00. The van der Waals surface area contributed by atoms with Gasteiger partial charge in [0.05, 0.1) is 10.6 Å². The quantitative estimate of drug-likeness (QED) is 0.683. The van der Waals surface area contributed by atoms with E-state index in [2.05, 4.69) is 10.3 Å². The van der Waals surface area contributed by atoms with Crippen molar-refractivity contribution in [3.63, 3.8) is 0 Å². The lowest BCUT2D eigenvalue weighted by Gasteiger charge is -2.09. The van der Waals surface area contributed by atoms with Crippen LogP contribution in [0.4, 0.5) is 5.69 Å². The van der Waals surface area contributed by atoms with E-state index in [0.29, 0.717) is 29.1 Å². The molecule has 0 bridgehead atoms. The summed E-state index contributed by atoms with van der Waals surface area (Å²) >= 11 is 0. The average Bonchev–Trinajstić information content (AvgIpc) is 2.98. The molecule has 0 aliphatic heterocycles. The van der Waals surface area contributed by atoms with E-state index in [1.54, 1.807) is 10.6 Å². The Bertz CT molecular complexity index is 1160. The molecule has 8 nitrogen and oxygen atoms in total. The lowest BCUT2D eigenvalue weighted by molar-refractivity contribution is -0.117. The third-order valence-corrected chi connectivity index (χ3v) is 5.55. The van der Waals surface area contributed by atoms with Crippen molar-refractivity contribution in [1.82, 2.24) is 14.1 Å². The van der Waals surface area contributed by atoms with Gasteiger partial charge in [0.1, 0.15) is 11.3 Å². The van der Waals surface area contributed by atoms with E-state index >= 15 is 0 Å². The van der Waals surface area contributed by atoms with Crippen LogP contribution in [0.25, 0.3) is 5.65 Å². The van der Waals surface area contributed by atoms with Crippen molar-refractivity contribution >= 4 is 33.2 Å². The highest BCUT2D eigenvalue weighted by atomic mass is 32.2. The fourth-order valence-electron chi connectivity index (χ4n) is 2.84. The van der Waals surface area contributed by atoms with Crippen LogP contribution in [-0.4, -0.2) is 29.6 Å². The number of benzene rings is 1. The predicted octanol–water partition coefficient (Wildman–Crippen LogP) is 2.28. The zero-order valence-corrected chi connectivity index (χ0v) is 16.5. The number of sulfonamides is 1. The number of aromatic nitrogens is 2. The number of nitrogens with zero attached hydrogens (tertiary/aromatic N) is 2. The summed E-state index contributed by atoms with van der Waals surface area (Å²) in [7, 11) is -3.92. The standard InChI is InChI=1S/C19H20N4O4S/c1-4-16-18(23-10-9-12(2)11-17(23)21-16)19(25)20-14-5-7-15(8-6-14)28(26,27)22-13(3)24/h5-11H,4H2,1-3H3,(H,20,25)(H,22,24). The van der Waals surface area contributed by atoms with Gasteiger partial charge in [-0.3, -0.25) is 14.0 Å². The molecule has 0 saturated heterocycles. The molecule has 0 radical (unpaired) electrons. The maximum atomic E-state index is 12.8. The van der Waals surface area contributed by atoms with E-state index in [0.717, 1.165) is 12.5 Å². The number of imidazole rings is 1. The molecule has 2 amide bonds. The molecule has 0 aliphatic rings. The minimum Gasteiger partial charge on any atom is -0.321 e. The number of carbonyl (C=O) groups is 2. The maximum Gasteiger partial charge on any atom is 0.274 e. The van der Waals surface area contributed by atoms with Gasteiger partial charge in [0.2, 0.25) is 5.91 Å². The molecule has 146 valence electrons. The Morgan fingerprint density at radius 3 is 2.43 bits per heavy atom. The van der Waals surface area contributed by atoms with Gasteiger partial charge in [0.15, 0.2) is 0 Å². The Balaban J connectivity index is 1.88. The molecule has 0 saturated carbocycles. The highest BCUT2D eigenvalue weighted by molar-refractivity contribution is 7.90. The van der Waals surface area contributed by atoms with Crippen molar-refractivity contribution in [1.29, 1.82) is 0 Å². The smallest absolute Gasteiger partial charge is 0.274 e. The van der Waals surface area contributed by atoms with Gasteiger partial charge >= 0.3 is 0 Å². The van der Waals surface area contributed by atoms with Crippen LogP contribution in [0.2, 0.25) is 0 Å². The lowest BCUT2D eigenvalue weighted by Crippen LogP contribution is -2.28. The molecule has 0 fully saturated rings. The second-order valence-corrected chi connectivity index (χ2v) is 8.02. The van der Waals surface area contributed by atoms with Gasteiger partial charge in [-0.2, -0.15) is 0 Å². The average molecular weight is 400 g/mol. The van der Waals surface area contributed by atoms with Crippen LogP contribution in [0.1, 0.15) is 35.6 Å². The van der Waals surface area contributed by atoms with E-state index in [-0.39, 0.29) is 10.8 Å². The van der Waals surface area contributed by atoms with Gasteiger partial charge in [-0.1, -0.05) is 6.92 Å². The van der Waals surface area contributed by atoms with Crippen LogP contribution in [0.15, 0.2) is 47.5 Å². The number of hydrogen-bond donors (Lipinski definition) is 2. The molecule has 2 N–H and O–H groups in total. The zero-order chi connectivity index (χ0) is 20.5. The molecule has 3 aromatic rings. The first-order valence-electron chi connectivity index (χ1n) is 8.63. The number of pyridine rings is 1. The zero-order valence-electron chi connectivity index (χ0n) is 15.7. The number of hydrogen-bond acceptors (Lipinski definition) is 5. The van der Waals surface area contributed by atoms with Gasteiger partial charge in [-0.25, -0.2) is 18.1 Å². The molecule has 2 heterocycles. The van der Waals surface area contributed by atoms with E-state index in [1.165, 1.54) is 24.3 Å². The fraction of sp³-hybridized carbons (Fsp3) is 0.211. The summed E-state index contributed by atoms with van der Waals surface area (Å²) in [5.74, 6) is -1.02. The highest BCUT2D eigenvalue weighted by Gasteiger charge is 2.19. The van der Waals surface area contributed by atoms with Crippen molar-refractivity contribution in [3.8, 4) is 0 Å². The topological polar surface area (TPSA) is 110 Å². The van der Waals surface area contributed by atoms with Crippen molar-refractivity contribution in [3.05, 3.63) is 59.5 Å². The van der Waals surface area contributed by atoms with Crippen molar-refractivity contribution in [2.75, 3.05) is 5.32 Å². The molecular weight excluding hydrogens is 380 g/mol. The number of anilines is 1. The summed E-state index contributed by atoms with van der Waals surface area (Å²) in [5.41, 5.74) is 3.28. The van der Waals surface area contributed by atoms with Gasteiger partial charge in [0.25, 0.3) is 15.9 Å². The van der Waals surface area contributed by atoms with Crippen LogP contribution in [0.3, 0.4) is 0 Å². The Morgan fingerprint density at radius 1 is 1.14 bits per heavy atom. The SMILES string of the molecule is CCc1nc2cc(C)ccn2c1C(=O)Nc1ccc(S(=O)(=O)NC(C)=O)cc1. The third kappa shape index (κ3) is 3.89. The molecular formula is C19H20N4O4S. The van der Waals surface area contributed by atoms with E-state index < -0.39 is 15.9 Å². The normalized spacial score (nSPS) is 11.4. The number of rotatable bonds is 5. The predicted molar refractivity (Wildman–Crippen MR) is 105 cm³/mol. The second kappa shape index (κ2) is 7.43. The molecule has 9 heteroatoms. The number of carbonyl (C=O) groups excluding carboxylic acids is 2. The Labute approximate surface area is 162 Å². The summed E-state index contributed by atoms with van der Waals surface area (Å²) in [6, 6.07) is 9.36. The monoisotopic (exact) mass is 400 g/mol. The van der Waals surface area contributed by atoms with Crippen LogP contribution in [0, 0.1) is 6.92 Å². The Morgan fingerprint density at radius 2 is 1.82 bits per heavy atom. The van der Waals surface area contributed by atoms with Gasteiger partial charge in [-0.05, 0) is 55.3 Å².